The highest BCUT2D eigenvalue weighted by atomic mass is 16.7. The van der Waals surface area contributed by atoms with Gasteiger partial charge in [-0.25, -0.2) is 0 Å². The zero-order valence-corrected chi connectivity index (χ0v) is 15.8. The van der Waals surface area contributed by atoms with Gasteiger partial charge >= 0.3 is 17.9 Å². The van der Waals surface area contributed by atoms with Crippen LogP contribution in [0.15, 0.2) is 0 Å². The van der Waals surface area contributed by atoms with E-state index < -0.39 is 54.7 Å². The Kier molecular flexibility index (Phi) is 8.93. The predicted octanol–water partition coefficient (Wildman–Crippen LogP) is -0.186. The van der Waals surface area contributed by atoms with Gasteiger partial charge in [-0.1, -0.05) is 0 Å². The molecule has 1 saturated heterocycles. The highest BCUT2D eigenvalue weighted by Crippen LogP contribution is 2.31. The quantitative estimate of drug-likeness (QED) is 0.416. The molecule has 6 unspecified atom stereocenters. The lowest BCUT2D eigenvalue weighted by Crippen LogP contribution is -2.64. The second kappa shape index (κ2) is 10.4. The molecule has 0 aliphatic carbocycles. The number of methoxy groups -OCH3 is 3. The number of hydrogen-bond acceptors (Lipinski definition) is 10. The zero-order chi connectivity index (χ0) is 19.9. The molecule has 0 aromatic heterocycles. The van der Waals surface area contributed by atoms with Crippen LogP contribution in [-0.4, -0.2) is 82.7 Å². The summed E-state index contributed by atoms with van der Waals surface area (Å²) in [5.74, 6) is -1.77. The molecule has 0 amide bonds. The Morgan fingerprint density at radius 3 is 1.85 bits per heavy atom. The first kappa shape index (κ1) is 22.3. The Hall–Kier alpha value is -1.75. The second-order valence-corrected chi connectivity index (χ2v) is 5.66. The lowest BCUT2D eigenvalue weighted by molar-refractivity contribution is -0.314. The molecule has 1 rings (SSSR count). The van der Waals surface area contributed by atoms with Gasteiger partial charge in [0.25, 0.3) is 0 Å². The van der Waals surface area contributed by atoms with Crippen LogP contribution >= 0.6 is 0 Å². The molecule has 10 nitrogen and oxygen atoms in total. The largest absolute Gasteiger partial charge is 0.457 e. The van der Waals surface area contributed by atoms with Crippen molar-refractivity contribution in [1.29, 1.82) is 0 Å². The van der Waals surface area contributed by atoms with Crippen LogP contribution in [0, 0.1) is 0 Å². The summed E-state index contributed by atoms with van der Waals surface area (Å²) >= 11 is 0. The Labute approximate surface area is 151 Å². The van der Waals surface area contributed by atoms with E-state index in [2.05, 4.69) is 0 Å². The van der Waals surface area contributed by atoms with Crippen molar-refractivity contribution in [2.45, 2.75) is 57.6 Å². The van der Waals surface area contributed by atoms with E-state index in [1.165, 1.54) is 42.1 Å². The number of carbonyl (C=O) groups is 3. The number of ether oxygens (including phenoxy) is 7. The Balaban J connectivity index is 3.24. The first-order valence-electron chi connectivity index (χ1n) is 7.96. The Morgan fingerprint density at radius 1 is 0.846 bits per heavy atom. The predicted molar refractivity (Wildman–Crippen MR) is 85.0 cm³/mol. The van der Waals surface area contributed by atoms with E-state index in [1.54, 1.807) is 0 Å². The number of carbonyl (C=O) groups excluding carboxylic acids is 3. The average molecular weight is 378 g/mol. The van der Waals surface area contributed by atoms with Crippen molar-refractivity contribution in [3.8, 4) is 0 Å². The van der Waals surface area contributed by atoms with Gasteiger partial charge in [0.05, 0.1) is 6.61 Å². The topological polar surface area (TPSA) is 116 Å². The van der Waals surface area contributed by atoms with Gasteiger partial charge in [-0.15, -0.1) is 0 Å². The van der Waals surface area contributed by atoms with E-state index in [-0.39, 0.29) is 6.61 Å². The first-order chi connectivity index (χ1) is 12.2. The Morgan fingerprint density at radius 2 is 1.42 bits per heavy atom. The molecule has 0 radical (unpaired) electrons. The molecule has 1 aliphatic heterocycles. The fourth-order valence-corrected chi connectivity index (χ4v) is 2.81. The minimum Gasteiger partial charge on any atom is -0.457 e. The summed E-state index contributed by atoms with van der Waals surface area (Å²) in [6.45, 7) is 3.67. The van der Waals surface area contributed by atoms with Crippen LogP contribution in [0.5, 0.6) is 0 Å². The molecular formula is C16H26O10. The molecule has 6 atom stereocenters. The summed E-state index contributed by atoms with van der Waals surface area (Å²) in [4.78, 5) is 34.5. The van der Waals surface area contributed by atoms with Crippen molar-refractivity contribution in [1.82, 2.24) is 0 Å². The maximum absolute atomic E-state index is 11.6. The van der Waals surface area contributed by atoms with Crippen molar-refractivity contribution in [3.63, 3.8) is 0 Å². The molecule has 0 saturated carbocycles. The lowest BCUT2D eigenvalue weighted by Gasteiger charge is -2.45. The van der Waals surface area contributed by atoms with Crippen molar-refractivity contribution >= 4 is 17.9 Å². The number of hydrogen-bond donors (Lipinski definition) is 0. The van der Waals surface area contributed by atoms with E-state index in [0.29, 0.717) is 0 Å². The van der Waals surface area contributed by atoms with Crippen molar-refractivity contribution < 1.29 is 47.5 Å². The first-order valence-corrected chi connectivity index (χ1v) is 7.96. The van der Waals surface area contributed by atoms with Gasteiger partial charge in [0.2, 0.25) is 0 Å². The van der Waals surface area contributed by atoms with Crippen LogP contribution < -0.4 is 0 Å². The van der Waals surface area contributed by atoms with Crippen LogP contribution in [0.3, 0.4) is 0 Å². The molecule has 0 aromatic carbocycles. The van der Waals surface area contributed by atoms with Gasteiger partial charge in [-0.2, -0.15) is 0 Å². The van der Waals surface area contributed by atoms with Crippen LogP contribution in [0.25, 0.3) is 0 Å². The summed E-state index contributed by atoms with van der Waals surface area (Å²) in [6, 6.07) is 0. The van der Waals surface area contributed by atoms with E-state index in [1.807, 2.05) is 0 Å². The zero-order valence-electron chi connectivity index (χ0n) is 15.8. The normalized spacial score (nSPS) is 29.5. The fourth-order valence-electron chi connectivity index (χ4n) is 2.81. The molecular weight excluding hydrogens is 352 g/mol. The van der Waals surface area contributed by atoms with E-state index in [4.69, 9.17) is 33.2 Å². The van der Waals surface area contributed by atoms with E-state index in [9.17, 15) is 14.4 Å². The summed E-state index contributed by atoms with van der Waals surface area (Å²) in [5.41, 5.74) is 0. The van der Waals surface area contributed by atoms with Crippen LogP contribution in [0.2, 0.25) is 0 Å². The minimum atomic E-state index is -1.07. The molecule has 0 N–H and O–H groups in total. The summed E-state index contributed by atoms with van der Waals surface area (Å²) in [6.07, 6.45) is -5.85. The summed E-state index contributed by atoms with van der Waals surface area (Å²) in [5, 5.41) is 0. The molecule has 0 aromatic rings. The molecule has 0 bridgehead atoms. The molecule has 0 spiro atoms. The van der Waals surface area contributed by atoms with Gasteiger partial charge in [0.15, 0.2) is 24.6 Å². The van der Waals surface area contributed by atoms with Crippen molar-refractivity contribution in [2.24, 2.45) is 0 Å². The molecule has 26 heavy (non-hydrogen) atoms. The number of esters is 3. The molecule has 10 heteroatoms. The van der Waals surface area contributed by atoms with Gasteiger partial charge in [0, 0.05) is 42.1 Å². The Bertz CT molecular complexity index is 493. The standard InChI is InChI=1S/C16H26O10/c1-8(17)23-11(7-20-4)12-13(21-5)14(24-9(2)18)15(25-10(3)19)16(22-6)26-12/h11-16H,7H2,1-6H3. The third kappa shape index (κ3) is 5.90. The highest BCUT2D eigenvalue weighted by molar-refractivity contribution is 5.67. The summed E-state index contributed by atoms with van der Waals surface area (Å²) in [7, 11) is 4.14. The molecule has 1 fully saturated rings. The van der Waals surface area contributed by atoms with Crippen LogP contribution in [0.4, 0.5) is 0 Å². The number of rotatable bonds is 8. The van der Waals surface area contributed by atoms with Crippen LogP contribution in [-0.2, 0) is 47.5 Å². The van der Waals surface area contributed by atoms with Gasteiger partial charge < -0.3 is 33.2 Å². The third-order valence-corrected chi connectivity index (χ3v) is 3.65. The summed E-state index contributed by atoms with van der Waals surface area (Å²) < 4.78 is 37.4. The highest BCUT2D eigenvalue weighted by Gasteiger charge is 2.53. The molecule has 150 valence electrons. The van der Waals surface area contributed by atoms with Crippen LogP contribution in [0.1, 0.15) is 20.8 Å². The second-order valence-electron chi connectivity index (χ2n) is 5.66. The molecule has 1 aliphatic rings. The lowest BCUT2D eigenvalue weighted by atomic mass is 9.94. The van der Waals surface area contributed by atoms with Crippen molar-refractivity contribution in [2.75, 3.05) is 27.9 Å². The van der Waals surface area contributed by atoms with E-state index in [0.717, 1.165) is 0 Å². The smallest absolute Gasteiger partial charge is 0.303 e. The SMILES string of the molecule is COCC(OC(C)=O)C1OC(OC)C(OC(C)=O)C(OC(C)=O)C1OC. The van der Waals surface area contributed by atoms with Gasteiger partial charge in [0.1, 0.15) is 12.2 Å². The van der Waals surface area contributed by atoms with Gasteiger partial charge in [-0.3, -0.25) is 14.4 Å². The molecule has 1 heterocycles. The minimum absolute atomic E-state index is 0.00552. The monoisotopic (exact) mass is 378 g/mol. The van der Waals surface area contributed by atoms with Gasteiger partial charge in [-0.05, 0) is 0 Å². The maximum atomic E-state index is 11.6. The third-order valence-electron chi connectivity index (χ3n) is 3.65. The maximum Gasteiger partial charge on any atom is 0.303 e. The van der Waals surface area contributed by atoms with Crippen molar-refractivity contribution in [3.05, 3.63) is 0 Å². The average Bonchev–Trinajstić information content (AvgIpc) is 2.54. The van der Waals surface area contributed by atoms with E-state index >= 15 is 0 Å². The fraction of sp³-hybridized carbons (Fsp3) is 0.812.